The van der Waals surface area contributed by atoms with Gasteiger partial charge in [-0.2, -0.15) is 0 Å². The van der Waals surface area contributed by atoms with E-state index in [1.165, 1.54) is 0 Å². The molecule has 5 nitrogen and oxygen atoms in total. The average Bonchev–Trinajstić information content (AvgIpc) is 2.42. The number of benzene rings is 1. The minimum atomic E-state index is -0.716. The molecule has 0 spiro atoms. The van der Waals surface area contributed by atoms with Crippen LogP contribution in [0.4, 0.5) is 0 Å². The molecule has 0 saturated carbocycles. The minimum Gasteiger partial charge on any atom is -0.493 e. The third kappa shape index (κ3) is 3.49. The Morgan fingerprint density at radius 1 is 1.38 bits per heavy atom. The molecule has 1 aliphatic rings. The second-order valence-electron chi connectivity index (χ2n) is 5.38. The lowest BCUT2D eigenvalue weighted by atomic mass is 9.87. The second-order valence-corrected chi connectivity index (χ2v) is 6.23. The van der Waals surface area contributed by atoms with E-state index in [0.29, 0.717) is 11.5 Å². The maximum atomic E-state index is 11.0. The van der Waals surface area contributed by atoms with Gasteiger partial charge in [-0.1, -0.05) is 22.9 Å². The monoisotopic (exact) mass is 357 g/mol. The SMILES string of the molecule is COc1cc(Br)c(CN2CC(C(C)C(=O)O)C2)cc1OC. The van der Waals surface area contributed by atoms with E-state index < -0.39 is 5.97 Å². The van der Waals surface area contributed by atoms with Gasteiger partial charge >= 0.3 is 5.97 Å². The van der Waals surface area contributed by atoms with Crippen molar-refractivity contribution in [2.75, 3.05) is 27.3 Å². The van der Waals surface area contributed by atoms with Crippen LogP contribution in [-0.2, 0) is 11.3 Å². The largest absolute Gasteiger partial charge is 0.493 e. The van der Waals surface area contributed by atoms with Crippen molar-refractivity contribution in [3.05, 3.63) is 22.2 Å². The predicted octanol–water partition coefficient (Wildman–Crippen LogP) is 2.62. The fraction of sp³-hybridized carbons (Fsp3) is 0.533. The normalized spacial score (nSPS) is 17.1. The number of rotatable bonds is 6. The number of hydrogen-bond acceptors (Lipinski definition) is 4. The molecule has 0 radical (unpaired) electrons. The molecule has 116 valence electrons. The number of halogens is 1. The summed E-state index contributed by atoms with van der Waals surface area (Å²) in [5, 5.41) is 9.01. The molecule has 1 aromatic carbocycles. The van der Waals surface area contributed by atoms with Crippen molar-refractivity contribution in [1.82, 2.24) is 4.90 Å². The average molecular weight is 358 g/mol. The van der Waals surface area contributed by atoms with E-state index in [1.807, 2.05) is 12.1 Å². The smallest absolute Gasteiger partial charge is 0.306 e. The number of carboxylic acids is 1. The molecule has 1 atom stereocenters. The first kappa shape index (κ1) is 16.1. The molecule has 0 aliphatic carbocycles. The van der Waals surface area contributed by atoms with E-state index in [0.717, 1.165) is 29.7 Å². The summed E-state index contributed by atoms with van der Waals surface area (Å²) in [6, 6.07) is 3.85. The fourth-order valence-electron chi connectivity index (χ4n) is 2.52. The molecule has 1 aromatic rings. The number of aliphatic carboxylic acids is 1. The first-order valence-corrected chi connectivity index (χ1v) is 7.61. The number of carboxylic acid groups (broad SMARTS) is 1. The summed E-state index contributed by atoms with van der Waals surface area (Å²) in [6.45, 7) is 4.17. The maximum Gasteiger partial charge on any atom is 0.306 e. The molecule has 0 bridgehead atoms. The van der Waals surface area contributed by atoms with Crippen molar-refractivity contribution in [1.29, 1.82) is 0 Å². The Bertz CT molecular complexity index is 529. The van der Waals surface area contributed by atoms with Gasteiger partial charge in [-0.25, -0.2) is 0 Å². The van der Waals surface area contributed by atoms with Gasteiger partial charge in [0.2, 0.25) is 0 Å². The van der Waals surface area contributed by atoms with Gasteiger partial charge in [0, 0.05) is 24.1 Å². The number of hydrogen-bond donors (Lipinski definition) is 1. The Kier molecular flexibility index (Phi) is 5.11. The van der Waals surface area contributed by atoms with Gasteiger partial charge in [-0.15, -0.1) is 0 Å². The van der Waals surface area contributed by atoms with Gasteiger partial charge in [0.25, 0.3) is 0 Å². The van der Waals surface area contributed by atoms with Crippen molar-refractivity contribution >= 4 is 21.9 Å². The summed E-state index contributed by atoms with van der Waals surface area (Å²) in [7, 11) is 3.22. The van der Waals surface area contributed by atoms with Crippen molar-refractivity contribution in [3.8, 4) is 11.5 Å². The van der Waals surface area contributed by atoms with E-state index >= 15 is 0 Å². The summed E-state index contributed by atoms with van der Waals surface area (Å²) in [6.07, 6.45) is 0. The fourth-order valence-corrected chi connectivity index (χ4v) is 2.96. The Balaban J connectivity index is 2.00. The van der Waals surface area contributed by atoms with Gasteiger partial charge < -0.3 is 14.6 Å². The Morgan fingerprint density at radius 2 is 1.95 bits per heavy atom. The molecule has 21 heavy (non-hydrogen) atoms. The molecule has 0 amide bonds. The van der Waals surface area contributed by atoms with Crippen LogP contribution in [0.15, 0.2) is 16.6 Å². The van der Waals surface area contributed by atoms with Crippen molar-refractivity contribution in [2.45, 2.75) is 13.5 Å². The van der Waals surface area contributed by atoms with E-state index in [1.54, 1.807) is 21.1 Å². The molecule has 2 rings (SSSR count). The molecule has 1 N–H and O–H groups in total. The van der Waals surface area contributed by atoms with Gasteiger partial charge in [0.05, 0.1) is 20.1 Å². The van der Waals surface area contributed by atoms with Gasteiger partial charge in [0.1, 0.15) is 0 Å². The molecule has 6 heteroatoms. The summed E-state index contributed by atoms with van der Waals surface area (Å²) < 4.78 is 11.5. The van der Waals surface area contributed by atoms with Crippen LogP contribution in [0.5, 0.6) is 11.5 Å². The number of methoxy groups -OCH3 is 2. The molecule has 1 unspecified atom stereocenters. The first-order valence-electron chi connectivity index (χ1n) is 6.81. The summed E-state index contributed by atoms with van der Waals surface area (Å²) in [5.41, 5.74) is 1.11. The molecular formula is C15H20BrNO4. The van der Waals surface area contributed by atoms with Crippen LogP contribution in [0.3, 0.4) is 0 Å². The van der Waals surface area contributed by atoms with Crippen LogP contribution in [-0.4, -0.2) is 43.3 Å². The molecule has 0 aromatic heterocycles. The lowest BCUT2D eigenvalue weighted by molar-refractivity contribution is -0.145. The zero-order valence-electron chi connectivity index (χ0n) is 12.4. The van der Waals surface area contributed by atoms with E-state index in [2.05, 4.69) is 20.8 Å². The Labute approximate surface area is 133 Å². The lowest BCUT2D eigenvalue weighted by Gasteiger charge is -2.41. The summed E-state index contributed by atoms with van der Waals surface area (Å²) in [4.78, 5) is 13.2. The van der Waals surface area contributed by atoms with E-state index in [9.17, 15) is 4.79 Å². The molecule has 1 saturated heterocycles. The summed E-state index contributed by atoms with van der Waals surface area (Å²) >= 11 is 3.54. The lowest BCUT2D eigenvalue weighted by Crippen LogP contribution is -2.50. The number of likely N-dealkylation sites (tertiary alicyclic amines) is 1. The highest BCUT2D eigenvalue weighted by Gasteiger charge is 2.34. The van der Waals surface area contributed by atoms with Crippen molar-refractivity contribution in [3.63, 3.8) is 0 Å². The third-order valence-corrected chi connectivity index (χ3v) is 4.77. The standard InChI is InChI=1S/C15H20BrNO4/c1-9(15(18)19)11-7-17(8-11)6-10-4-13(20-2)14(21-3)5-12(10)16/h4-5,9,11H,6-8H2,1-3H3,(H,18,19). The van der Waals surface area contributed by atoms with Gasteiger partial charge in [0.15, 0.2) is 11.5 Å². The summed E-state index contributed by atoms with van der Waals surface area (Å²) in [5.74, 6) is 0.629. The Hall–Kier alpha value is -1.27. The highest BCUT2D eigenvalue weighted by atomic mass is 79.9. The maximum absolute atomic E-state index is 11.0. The van der Waals surface area contributed by atoms with Crippen LogP contribution >= 0.6 is 15.9 Å². The number of carbonyl (C=O) groups is 1. The van der Waals surface area contributed by atoms with Crippen LogP contribution in [0.25, 0.3) is 0 Å². The third-order valence-electron chi connectivity index (χ3n) is 4.03. The van der Waals surface area contributed by atoms with Crippen molar-refractivity contribution in [2.24, 2.45) is 11.8 Å². The number of nitrogens with zero attached hydrogens (tertiary/aromatic N) is 1. The van der Waals surface area contributed by atoms with E-state index in [-0.39, 0.29) is 11.8 Å². The van der Waals surface area contributed by atoms with Crippen LogP contribution in [0, 0.1) is 11.8 Å². The first-order chi connectivity index (χ1) is 9.96. The molecular weight excluding hydrogens is 338 g/mol. The zero-order valence-corrected chi connectivity index (χ0v) is 14.0. The highest BCUT2D eigenvalue weighted by Crippen LogP contribution is 2.35. The zero-order chi connectivity index (χ0) is 15.6. The van der Waals surface area contributed by atoms with Crippen molar-refractivity contribution < 1.29 is 19.4 Å². The minimum absolute atomic E-state index is 0.237. The van der Waals surface area contributed by atoms with E-state index in [4.69, 9.17) is 14.6 Å². The quantitative estimate of drug-likeness (QED) is 0.847. The second kappa shape index (κ2) is 6.66. The topological polar surface area (TPSA) is 59.0 Å². The van der Waals surface area contributed by atoms with Gasteiger partial charge in [-0.3, -0.25) is 9.69 Å². The van der Waals surface area contributed by atoms with Gasteiger partial charge in [-0.05, 0) is 23.6 Å². The van der Waals surface area contributed by atoms with Crippen LogP contribution in [0.1, 0.15) is 12.5 Å². The molecule has 1 heterocycles. The van der Waals surface area contributed by atoms with Crippen LogP contribution < -0.4 is 9.47 Å². The predicted molar refractivity (Wildman–Crippen MR) is 82.8 cm³/mol. The van der Waals surface area contributed by atoms with Crippen LogP contribution in [0.2, 0.25) is 0 Å². The number of ether oxygens (including phenoxy) is 2. The Morgan fingerprint density at radius 3 is 2.48 bits per heavy atom. The molecule has 1 fully saturated rings. The molecule has 1 aliphatic heterocycles. The highest BCUT2D eigenvalue weighted by molar-refractivity contribution is 9.10.